The number of aromatic nitrogens is 3. The molecule has 4 aromatic rings. The van der Waals surface area contributed by atoms with Crippen LogP contribution in [0.4, 0.5) is 0 Å². The Balaban J connectivity index is 1.86. The Hall–Kier alpha value is -2.80. The summed E-state index contributed by atoms with van der Waals surface area (Å²) in [5.74, 6) is -1.03. The van der Waals surface area contributed by atoms with Crippen molar-refractivity contribution in [3.8, 4) is 33.0 Å². The molecule has 5 nitrogen and oxygen atoms in total. The predicted octanol–water partition coefficient (Wildman–Crippen LogP) is 5.94. The molecule has 4 rings (SSSR count). The standard InChI is InChI=1S/C20H11Cl2N3O2S/c21-15-5-4-11(6-16(15)22)17-9-28-19(25-17)13-2-1-3-14(20(26)27)18(13)12-7-23-10-24-8-12/h1-10H,(H,26,27). The molecule has 0 bridgehead atoms. The zero-order valence-electron chi connectivity index (χ0n) is 14.1. The van der Waals surface area contributed by atoms with Crippen LogP contribution in [0.3, 0.4) is 0 Å². The summed E-state index contributed by atoms with van der Waals surface area (Å²) >= 11 is 13.5. The second-order valence-corrected chi connectivity index (χ2v) is 7.50. The van der Waals surface area contributed by atoms with Gasteiger partial charge in [-0.15, -0.1) is 11.3 Å². The monoisotopic (exact) mass is 427 g/mol. The van der Waals surface area contributed by atoms with Crippen molar-refractivity contribution in [2.24, 2.45) is 0 Å². The number of carboxylic acids is 1. The number of hydrogen-bond acceptors (Lipinski definition) is 5. The molecule has 28 heavy (non-hydrogen) atoms. The van der Waals surface area contributed by atoms with Gasteiger partial charge >= 0.3 is 5.97 Å². The second-order valence-electron chi connectivity index (χ2n) is 5.83. The predicted molar refractivity (Wildman–Crippen MR) is 111 cm³/mol. The molecule has 138 valence electrons. The Bertz CT molecular complexity index is 1180. The molecule has 0 aliphatic rings. The second kappa shape index (κ2) is 7.67. The summed E-state index contributed by atoms with van der Waals surface area (Å²) in [5.41, 5.74) is 3.57. The van der Waals surface area contributed by atoms with Crippen molar-refractivity contribution in [1.82, 2.24) is 15.0 Å². The van der Waals surface area contributed by atoms with Crippen molar-refractivity contribution in [2.45, 2.75) is 0 Å². The Morgan fingerprint density at radius 1 is 1.00 bits per heavy atom. The van der Waals surface area contributed by atoms with Crippen molar-refractivity contribution in [3.05, 3.63) is 76.1 Å². The van der Waals surface area contributed by atoms with Crippen molar-refractivity contribution in [1.29, 1.82) is 0 Å². The first-order valence-corrected chi connectivity index (χ1v) is 9.71. The summed E-state index contributed by atoms with van der Waals surface area (Å²) in [6.45, 7) is 0. The van der Waals surface area contributed by atoms with Gasteiger partial charge in [-0.05, 0) is 18.2 Å². The van der Waals surface area contributed by atoms with E-state index in [0.29, 0.717) is 31.7 Å². The maximum atomic E-state index is 11.8. The molecule has 0 saturated heterocycles. The number of rotatable bonds is 4. The molecule has 0 spiro atoms. The zero-order valence-corrected chi connectivity index (χ0v) is 16.5. The normalized spacial score (nSPS) is 10.8. The third-order valence-electron chi connectivity index (χ3n) is 4.09. The number of hydrogen-bond donors (Lipinski definition) is 1. The van der Waals surface area contributed by atoms with Gasteiger partial charge in [0, 0.05) is 40.0 Å². The number of carbonyl (C=O) groups is 1. The summed E-state index contributed by atoms with van der Waals surface area (Å²) < 4.78 is 0. The van der Waals surface area contributed by atoms with Gasteiger partial charge in [-0.3, -0.25) is 0 Å². The minimum atomic E-state index is -1.03. The third kappa shape index (κ3) is 3.49. The van der Waals surface area contributed by atoms with E-state index in [1.165, 1.54) is 17.7 Å². The summed E-state index contributed by atoms with van der Waals surface area (Å²) in [7, 11) is 0. The summed E-state index contributed by atoms with van der Waals surface area (Å²) in [6, 6.07) is 10.4. The van der Waals surface area contributed by atoms with Crippen LogP contribution in [0.2, 0.25) is 10.0 Å². The number of aromatic carboxylic acids is 1. The molecule has 0 atom stereocenters. The molecule has 2 aromatic heterocycles. The molecule has 2 aromatic carbocycles. The SMILES string of the molecule is O=C(O)c1cccc(-c2nc(-c3ccc(Cl)c(Cl)c3)cs2)c1-c1cncnc1. The lowest BCUT2D eigenvalue weighted by Gasteiger charge is -2.10. The summed E-state index contributed by atoms with van der Waals surface area (Å²) in [6.07, 6.45) is 4.58. The first-order chi connectivity index (χ1) is 13.5. The highest BCUT2D eigenvalue weighted by Crippen LogP contribution is 2.38. The van der Waals surface area contributed by atoms with Gasteiger partial charge in [0.1, 0.15) is 11.3 Å². The van der Waals surface area contributed by atoms with Crippen LogP contribution < -0.4 is 0 Å². The van der Waals surface area contributed by atoms with Gasteiger partial charge < -0.3 is 5.11 Å². The number of nitrogens with zero attached hydrogens (tertiary/aromatic N) is 3. The lowest BCUT2D eigenvalue weighted by Crippen LogP contribution is -2.01. The van der Waals surface area contributed by atoms with E-state index >= 15 is 0 Å². The summed E-state index contributed by atoms with van der Waals surface area (Å²) in [4.78, 5) is 24.5. The van der Waals surface area contributed by atoms with Crippen molar-refractivity contribution < 1.29 is 9.90 Å². The van der Waals surface area contributed by atoms with Crippen LogP contribution in [0.1, 0.15) is 10.4 Å². The molecule has 0 unspecified atom stereocenters. The van der Waals surface area contributed by atoms with Crippen LogP contribution in [0, 0.1) is 0 Å². The van der Waals surface area contributed by atoms with Gasteiger partial charge in [0.2, 0.25) is 0 Å². The Morgan fingerprint density at radius 3 is 2.50 bits per heavy atom. The largest absolute Gasteiger partial charge is 0.478 e. The topological polar surface area (TPSA) is 76.0 Å². The molecule has 8 heteroatoms. The number of thiazole rings is 1. The maximum absolute atomic E-state index is 11.8. The highest BCUT2D eigenvalue weighted by atomic mass is 35.5. The Labute approximate surface area is 174 Å². The molecule has 0 aliphatic carbocycles. The lowest BCUT2D eigenvalue weighted by atomic mass is 9.96. The van der Waals surface area contributed by atoms with Crippen LogP contribution >= 0.6 is 34.5 Å². The van der Waals surface area contributed by atoms with Gasteiger partial charge in [0.05, 0.1) is 21.3 Å². The quantitative estimate of drug-likeness (QED) is 0.436. The van der Waals surface area contributed by atoms with Crippen LogP contribution in [-0.2, 0) is 0 Å². The highest BCUT2D eigenvalue weighted by Gasteiger charge is 2.19. The summed E-state index contributed by atoms with van der Waals surface area (Å²) in [5, 5.41) is 13.2. The first-order valence-electron chi connectivity index (χ1n) is 8.07. The van der Waals surface area contributed by atoms with Gasteiger partial charge in [0.25, 0.3) is 0 Å². The molecule has 1 N–H and O–H groups in total. The molecule has 0 radical (unpaired) electrons. The molecular weight excluding hydrogens is 417 g/mol. The minimum Gasteiger partial charge on any atom is -0.478 e. The van der Waals surface area contributed by atoms with E-state index in [2.05, 4.69) is 9.97 Å². The number of carboxylic acid groups (broad SMARTS) is 1. The number of halogens is 2. The number of benzene rings is 2. The maximum Gasteiger partial charge on any atom is 0.336 e. The van der Waals surface area contributed by atoms with Crippen molar-refractivity contribution in [2.75, 3.05) is 0 Å². The Kier molecular flexibility index (Phi) is 5.09. The van der Waals surface area contributed by atoms with E-state index in [4.69, 9.17) is 28.2 Å². The fraction of sp³-hybridized carbons (Fsp3) is 0. The minimum absolute atomic E-state index is 0.165. The van der Waals surface area contributed by atoms with Gasteiger partial charge in [-0.25, -0.2) is 19.7 Å². The van der Waals surface area contributed by atoms with E-state index < -0.39 is 5.97 Å². The van der Waals surface area contributed by atoms with E-state index in [1.54, 1.807) is 36.7 Å². The molecule has 2 heterocycles. The first kappa shape index (κ1) is 18.6. The molecular formula is C20H11Cl2N3O2S. The molecule has 0 fully saturated rings. The fourth-order valence-electron chi connectivity index (χ4n) is 2.83. The fourth-order valence-corrected chi connectivity index (χ4v) is 3.99. The van der Waals surface area contributed by atoms with E-state index in [-0.39, 0.29) is 5.56 Å². The van der Waals surface area contributed by atoms with Gasteiger partial charge in [0.15, 0.2) is 0 Å². The molecule has 0 saturated carbocycles. The van der Waals surface area contributed by atoms with Crippen LogP contribution in [-0.4, -0.2) is 26.0 Å². The van der Waals surface area contributed by atoms with E-state index in [1.807, 2.05) is 17.5 Å². The average Bonchev–Trinajstić information content (AvgIpc) is 3.20. The third-order valence-corrected chi connectivity index (χ3v) is 5.71. The smallest absolute Gasteiger partial charge is 0.336 e. The van der Waals surface area contributed by atoms with Gasteiger partial charge in [-0.2, -0.15) is 0 Å². The van der Waals surface area contributed by atoms with Crippen LogP contribution in [0.25, 0.3) is 33.0 Å². The highest BCUT2D eigenvalue weighted by molar-refractivity contribution is 7.13. The average molecular weight is 428 g/mol. The van der Waals surface area contributed by atoms with Gasteiger partial charge in [-0.1, -0.05) is 41.4 Å². The lowest BCUT2D eigenvalue weighted by molar-refractivity contribution is 0.0698. The van der Waals surface area contributed by atoms with Crippen LogP contribution in [0.5, 0.6) is 0 Å². The van der Waals surface area contributed by atoms with Crippen molar-refractivity contribution >= 4 is 40.5 Å². The van der Waals surface area contributed by atoms with Crippen molar-refractivity contribution in [3.63, 3.8) is 0 Å². The zero-order chi connectivity index (χ0) is 19.7. The van der Waals surface area contributed by atoms with E-state index in [9.17, 15) is 9.90 Å². The molecule has 0 aliphatic heterocycles. The molecule has 0 amide bonds. The van der Waals surface area contributed by atoms with Crippen LogP contribution in [0.15, 0.2) is 60.5 Å². The van der Waals surface area contributed by atoms with E-state index in [0.717, 1.165) is 11.3 Å². The Morgan fingerprint density at radius 2 is 1.79 bits per heavy atom.